The summed E-state index contributed by atoms with van der Waals surface area (Å²) in [5.41, 5.74) is 0.517. The van der Waals surface area contributed by atoms with Crippen molar-refractivity contribution in [2.45, 2.75) is 53.1 Å². The average molecular weight is 316 g/mol. The first-order valence-electron chi connectivity index (χ1n) is 8.24. The van der Waals surface area contributed by atoms with Crippen LogP contribution in [0.2, 0.25) is 0 Å². The van der Waals surface area contributed by atoms with Gasteiger partial charge in [0.25, 0.3) is 0 Å². The second-order valence-electron chi connectivity index (χ2n) is 7.59. The molecule has 23 heavy (non-hydrogen) atoms. The summed E-state index contributed by atoms with van der Waals surface area (Å²) in [6.07, 6.45) is 3.15. The van der Waals surface area contributed by atoms with Crippen molar-refractivity contribution < 1.29 is 19.1 Å². The van der Waals surface area contributed by atoms with Crippen molar-refractivity contribution in [3.8, 4) is 5.75 Å². The molecule has 2 saturated carbocycles. The van der Waals surface area contributed by atoms with E-state index in [1.807, 2.05) is 0 Å². The number of benzene rings is 1. The van der Waals surface area contributed by atoms with E-state index < -0.39 is 11.9 Å². The lowest BCUT2D eigenvalue weighted by atomic mass is 9.70. The quantitative estimate of drug-likeness (QED) is 0.625. The van der Waals surface area contributed by atoms with Gasteiger partial charge < -0.3 is 9.47 Å². The standard InChI is InChI=1S/C19H24O4/c1-12(20)22-15-8-6-5-7-14(15)17(21)23-16-11-13-9-10-19(16,4)18(13,2)3/h5-8,13,16H,9-11H2,1-4H3. The predicted octanol–water partition coefficient (Wildman–Crippen LogP) is 3.98. The van der Waals surface area contributed by atoms with Crippen LogP contribution in [0.1, 0.15) is 57.3 Å². The minimum Gasteiger partial charge on any atom is -0.458 e. The highest BCUT2D eigenvalue weighted by Crippen LogP contribution is 2.66. The number of hydrogen-bond acceptors (Lipinski definition) is 4. The minimum atomic E-state index is -0.446. The molecule has 1 aromatic carbocycles. The average Bonchev–Trinajstić information content (AvgIpc) is 2.80. The zero-order chi connectivity index (χ0) is 16.8. The molecule has 0 aliphatic heterocycles. The largest absolute Gasteiger partial charge is 0.458 e. The highest BCUT2D eigenvalue weighted by molar-refractivity contribution is 5.93. The molecule has 4 nitrogen and oxygen atoms in total. The van der Waals surface area contributed by atoms with E-state index in [1.54, 1.807) is 24.3 Å². The van der Waals surface area contributed by atoms with Crippen LogP contribution in [0.4, 0.5) is 0 Å². The van der Waals surface area contributed by atoms with Gasteiger partial charge in [-0.1, -0.05) is 32.9 Å². The molecule has 3 rings (SSSR count). The Balaban J connectivity index is 1.80. The van der Waals surface area contributed by atoms with Crippen molar-refractivity contribution in [3.05, 3.63) is 29.8 Å². The molecule has 2 bridgehead atoms. The Morgan fingerprint density at radius 2 is 1.87 bits per heavy atom. The molecular formula is C19H24O4. The van der Waals surface area contributed by atoms with E-state index in [0.717, 1.165) is 12.8 Å². The van der Waals surface area contributed by atoms with Crippen molar-refractivity contribution in [1.29, 1.82) is 0 Å². The summed E-state index contributed by atoms with van der Waals surface area (Å²) in [6.45, 7) is 8.12. The van der Waals surface area contributed by atoms with Crippen LogP contribution in [0.5, 0.6) is 5.75 Å². The summed E-state index contributed by atoms with van der Waals surface area (Å²) in [7, 11) is 0. The van der Waals surface area contributed by atoms with Crippen LogP contribution in [0, 0.1) is 16.7 Å². The lowest BCUT2D eigenvalue weighted by Crippen LogP contribution is -2.38. The Hall–Kier alpha value is -1.84. The van der Waals surface area contributed by atoms with Gasteiger partial charge in [0, 0.05) is 12.3 Å². The van der Waals surface area contributed by atoms with Crippen molar-refractivity contribution in [3.63, 3.8) is 0 Å². The first-order valence-corrected chi connectivity index (χ1v) is 8.24. The highest BCUT2D eigenvalue weighted by atomic mass is 16.6. The van der Waals surface area contributed by atoms with Crippen molar-refractivity contribution in [1.82, 2.24) is 0 Å². The van der Waals surface area contributed by atoms with E-state index in [4.69, 9.17) is 9.47 Å². The van der Waals surface area contributed by atoms with E-state index in [2.05, 4.69) is 20.8 Å². The van der Waals surface area contributed by atoms with Crippen LogP contribution >= 0.6 is 0 Å². The van der Waals surface area contributed by atoms with Crippen LogP contribution in [-0.4, -0.2) is 18.0 Å². The summed E-state index contributed by atoms with van der Waals surface area (Å²) in [5.74, 6) is 0.0151. The van der Waals surface area contributed by atoms with E-state index in [0.29, 0.717) is 11.5 Å². The molecular weight excluding hydrogens is 292 g/mol. The smallest absolute Gasteiger partial charge is 0.342 e. The molecule has 0 heterocycles. The molecule has 2 aliphatic carbocycles. The van der Waals surface area contributed by atoms with Crippen molar-refractivity contribution >= 4 is 11.9 Å². The van der Waals surface area contributed by atoms with Gasteiger partial charge in [-0.3, -0.25) is 4.79 Å². The molecule has 0 aromatic heterocycles. The Bertz CT molecular complexity index is 649. The molecule has 2 aliphatic rings. The predicted molar refractivity (Wildman–Crippen MR) is 86.2 cm³/mol. The first kappa shape index (κ1) is 16.0. The number of para-hydroxylation sites is 1. The number of carbonyl (C=O) groups excluding carboxylic acids is 2. The molecule has 2 fully saturated rings. The molecule has 1 aromatic rings. The summed E-state index contributed by atoms with van der Waals surface area (Å²) < 4.78 is 11.0. The fourth-order valence-corrected chi connectivity index (χ4v) is 4.38. The van der Waals surface area contributed by atoms with Gasteiger partial charge in [0.1, 0.15) is 17.4 Å². The Kier molecular flexibility index (Phi) is 3.74. The molecule has 0 spiro atoms. The molecule has 124 valence electrons. The lowest BCUT2D eigenvalue weighted by molar-refractivity contribution is -0.131. The molecule has 0 saturated heterocycles. The number of carbonyl (C=O) groups is 2. The van der Waals surface area contributed by atoms with Crippen LogP contribution < -0.4 is 4.74 Å². The maximum absolute atomic E-state index is 12.6. The fourth-order valence-electron chi connectivity index (χ4n) is 4.38. The van der Waals surface area contributed by atoms with Crippen LogP contribution in [0.15, 0.2) is 24.3 Å². The molecule has 0 N–H and O–H groups in total. The zero-order valence-corrected chi connectivity index (χ0v) is 14.2. The van der Waals surface area contributed by atoms with Gasteiger partial charge in [0.15, 0.2) is 0 Å². The van der Waals surface area contributed by atoms with Gasteiger partial charge in [-0.15, -0.1) is 0 Å². The Morgan fingerprint density at radius 1 is 1.17 bits per heavy atom. The second-order valence-corrected chi connectivity index (χ2v) is 7.59. The molecule has 0 amide bonds. The fraction of sp³-hybridized carbons (Fsp3) is 0.579. The van der Waals surface area contributed by atoms with Crippen LogP contribution in [0.3, 0.4) is 0 Å². The van der Waals surface area contributed by atoms with Gasteiger partial charge in [0.05, 0.1) is 0 Å². The SMILES string of the molecule is CC(=O)Oc1ccccc1C(=O)OC1CC2CCC1(C)C2(C)C. The third-order valence-electron chi connectivity index (χ3n) is 6.32. The summed E-state index contributed by atoms with van der Waals surface area (Å²) >= 11 is 0. The van der Waals surface area contributed by atoms with Gasteiger partial charge in [0.2, 0.25) is 0 Å². The zero-order valence-electron chi connectivity index (χ0n) is 14.2. The monoisotopic (exact) mass is 316 g/mol. The van der Waals surface area contributed by atoms with Crippen LogP contribution in [-0.2, 0) is 9.53 Å². The van der Waals surface area contributed by atoms with Crippen molar-refractivity contribution in [2.24, 2.45) is 16.7 Å². The van der Waals surface area contributed by atoms with Gasteiger partial charge in [-0.05, 0) is 42.7 Å². The summed E-state index contributed by atoms with van der Waals surface area (Å²) in [5, 5.41) is 0. The Morgan fingerprint density at radius 3 is 2.43 bits per heavy atom. The van der Waals surface area contributed by atoms with Gasteiger partial charge >= 0.3 is 11.9 Å². The first-order chi connectivity index (χ1) is 10.8. The number of ether oxygens (including phenoxy) is 2. The summed E-state index contributed by atoms with van der Waals surface area (Å²) in [4.78, 5) is 23.8. The third-order valence-corrected chi connectivity index (χ3v) is 6.32. The number of esters is 2. The number of fused-ring (bicyclic) bond motifs is 2. The Labute approximate surface area is 137 Å². The summed E-state index contributed by atoms with van der Waals surface area (Å²) in [6, 6.07) is 6.73. The van der Waals surface area contributed by atoms with E-state index in [-0.39, 0.29) is 22.7 Å². The normalized spacial score (nSPS) is 31.0. The van der Waals surface area contributed by atoms with Crippen molar-refractivity contribution in [2.75, 3.05) is 0 Å². The number of rotatable bonds is 3. The minimum absolute atomic E-state index is 0.0176. The second kappa shape index (κ2) is 5.36. The molecule has 3 unspecified atom stereocenters. The lowest BCUT2D eigenvalue weighted by Gasteiger charge is -2.38. The molecule has 0 radical (unpaired) electrons. The van der Waals surface area contributed by atoms with E-state index in [1.165, 1.54) is 13.3 Å². The van der Waals surface area contributed by atoms with E-state index >= 15 is 0 Å². The van der Waals surface area contributed by atoms with Gasteiger partial charge in [-0.25, -0.2) is 4.79 Å². The topological polar surface area (TPSA) is 52.6 Å². The van der Waals surface area contributed by atoms with Crippen LogP contribution in [0.25, 0.3) is 0 Å². The van der Waals surface area contributed by atoms with Gasteiger partial charge in [-0.2, -0.15) is 0 Å². The molecule has 4 heteroatoms. The number of hydrogen-bond donors (Lipinski definition) is 0. The molecule has 3 atom stereocenters. The third kappa shape index (κ3) is 2.44. The maximum Gasteiger partial charge on any atom is 0.342 e. The highest BCUT2D eigenvalue weighted by Gasteiger charge is 2.62. The van der Waals surface area contributed by atoms with E-state index in [9.17, 15) is 9.59 Å². The maximum atomic E-state index is 12.6.